The molecule has 122 valence electrons. The summed E-state index contributed by atoms with van der Waals surface area (Å²) < 4.78 is 11.0. The van der Waals surface area contributed by atoms with Crippen molar-refractivity contribution in [3.8, 4) is 11.5 Å². The minimum atomic E-state index is -0.109. The first kappa shape index (κ1) is 16.9. The molecule has 1 aromatic carbocycles. The Morgan fingerprint density at radius 3 is 2.45 bits per heavy atom. The summed E-state index contributed by atoms with van der Waals surface area (Å²) in [6, 6.07) is 5.65. The van der Waals surface area contributed by atoms with Crippen molar-refractivity contribution in [3.05, 3.63) is 23.8 Å². The van der Waals surface area contributed by atoms with E-state index in [9.17, 15) is 4.79 Å². The van der Waals surface area contributed by atoms with Crippen LogP contribution >= 0.6 is 0 Å². The van der Waals surface area contributed by atoms with Crippen LogP contribution in [0.3, 0.4) is 0 Å². The Morgan fingerprint density at radius 2 is 1.86 bits per heavy atom. The monoisotopic (exact) mass is 304 g/mol. The molecule has 0 radical (unpaired) electrons. The van der Waals surface area contributed by atoms with Crippen LogP contribution in [0.4, 0.5) is 0 Å². The minimum Gasteiger partial charge on any atom is -0.497 e. The van der Waals surface area contributed by atoms with Gasteiger partial charge >= 0.3 is 5.97 Å². The van der Waals surface area contributed by atoms with Crippen molar-refractivity contribution in [3.63, 3.8) is 0 Å². The van der Waals surface area contributed by atoms with Gasteiger partial charge in [-0.3, -0.25) is 4.79 Å². The summed E-state index contributed by atoms with van der Waals surface area (Å²) in [5.74, 6) is 1.84. The molecule has 22 heavy (non-hydrogen) atoms. The molecule has 0 heterocycles. The molecule has 0 saturated heterocycles. The standard InChI is InChI=1S/C19H28O3/c1-19(2,3)16-13-15(21-4)10-11-17(16)22-18(20)12-14-8-6-5-7-9-14/h10-11,13-14H,5-9,12H2,1-4H3. The summed E-state index contributed by atoms with van der Waals surface area (Å²) in [5.41, 5.74) is 0.901. The molecule has 0 atom stereocenters. The molecule has 0 amide bonds. The summed E-state index contributed by atoms with van der Waals surface area (Å²) in [7, 11) is 1.65. The van der Waals surface area contributed by atoms with Crippen LogP contribution in [0.2, 0.25) is 0 Å². The van der Waals surface area contributed by atoms with E-state index in [1.54, 1.807) is 7.11 Å². The normalized spacial score (nSPS) is 16.4. The maximum absolute atomic E-state index is 12.3. The second-order valence-electron chi connectivity index (χ2n) is 7.29. The van der Waals surface area contributed by atoms with Gasteiger partial charge in [-0.25, -0.2) is 0 Å². The summed E-state index contributed by atoms with van der Waals surface area (Å²) in [4.78, 5) is 12.3. The quantitative estimate of drug-likeness (QED) is 0.588. The van der Waals surface area contributed by atoms with Gasteiger partial charge in [-0.1, -0.05) is 40.0 Å². The second-order valence-corrected chi connectivity index (χ2v) is 7.29. The molecule has 3 heteroatoms. The maximum atomic E-state index is 12.3. The number of benzene rings is 1. The number of methoxy groups -OCH3 is 1. The van der Waals surface area contributed by atoms with Crippen LogP contribution in [0.5, 0.6) is 11.5 Å². The average Bonchev–Trinajstić information content (AvgIpc) is 2.47. The third kappa shape index (κ3) is 4.49. The number of rotatable bonds is 4. The van der Waals surface area contributed by atoms with Gasteiger partial charge in [0, 0.05) is 12.0 Å². The highest BCUT2D eigenvalue weighted by atomic mass is 16.5. The van der Waals surface area contributed by atoms with Crippen LogP contribution in [-0.2, 0) is 10.2 Å². The Balaban J connectivity index is 2.09. The highest BCUT2D eigenvalue weighted by Crippen LogP contribution is 2.35. The predicted octanol–water partition coefficient (Wildman–Crippen LogP) is 4.87. The predicted molar refractivity (Wildman–Crippen MR) is 88.5 cm³/mol. The lowest BCUT2D eigenvalue weighted by atomic mass is 9.86. The highest BCUT2D eigenvalue weighted by molar-refractivity contribution is 5.73. The number of carbonyl (C=O) groups is 1. The molecule has 0 unspecified atom stereocenters. The Hall–Kier alpha value is -1.51. The Kier molecular flexibility index (Phi) is 5.49. The van der Waals surface area contributed by atoms with Crippen LogP contribution in [0.25, 0.3) is 0 Å². The van der Waals surface area contributed by atoms with Crippen molar-refractivity contribution >= 4 is 5.97 Å². The number of carbonyl (C=O) groups excluding carboxylic acids is 1. The summed E-state index contributed by atoms with van der Waals surface area (Å²) in [5, 5.41) is 0. The molecule has 0 aliphatic heterocycles. The van der Waals surface area contributed by atoms with Gasteiger partial charge in [-0.15, -0.1) is 0 Å². The van der Waals surface area contributed by atoms with E-state index < -0.39 is 0 Å². The minimum absolute atomic E-state index is 0.102. The topological polar surface area (TPSA) is 35.5 Å². The van der Waals surface area contributed by atoms with Crippen LogP contribution in [0.15, 0.2) is 18.2 Å². The largest absolute Gasteiger partial charge is 0.497 e. The maximum Gasteiger partial charge on any atom is 0.311 e. The molecule has 0 N–H and O–H groups in total. The molecule has 2 rings (SSSR count). The summed E-state index contributed by atoms with van der Waals surface area (Å²) >= 11 is 0. The molecule has 3 nitrogen and oxygen atoms in total. The Labute approximate surface area is 134 Å². The first-order valence-electron chi connectivity index (χ1n) is 8.29. The lowest BCUT2D eigenvalue weighted by Gasteiger charge is -2.24. The van der Waals surface area contributed by atoms with E-state index >= 15 is 0 Å². The van der Waals surface area contributed by atoms with Crippen molar-refractivity contribution in [1.29, 1.82) is 0 Å². The SMILES string of the molecule is COc1ccc(OC(=O)CC2CCCCC2)c(C(C)(C)C)c1. The lowest BCUT2D eigenvalue weighted by Crippen LogP contribution is -2.19. The van der Waals surface area contributed by atoms with Gasteiger partial charge in [-0.05, 0) is 42.4 Å². The van der Waals surface area contributed by atoms with Gasteiger partial charge in [0.15, 0.2) is 0 Å². The number of ether oxygens (including phenoxy) is 2. The molecule has 1 fully saturated rings. The molecule has 0 bridgehead atoms. The Bertz CT molecular complexity index is 508. The van der Waals surface area contributed by atoms with E-state index in [0.29, 0.717) is 18.1 Å². The zero-order valence-corrected chi connectivity index (χ0v) is 14.3. The third-order valence-electron chi connectivity index (χ3n) is 4.40. The van der Waals surface area contributed by atoms with Crippen LogP contribution in [0.1, 0.15) is 64.9 Å². The molecule has 1 saturated carbocycles. The Morgan fingerprint density at radius 1 is 1.18 bits per heavy atom. The fourth-order valence-electron chi connectivity index (χ4n) is 3.10. The average molecular weight is 304 g/mol. The third-order valence-corrected chi connectivity index (χ3v) is 4.40. The van der Waals surface area contributed by atoms with E-state index in [2.05, 4.69) is 20.8 Å². The highest BCUT2D eigenvalue weighted by Gasteiger charge is 2.23. The van der Waals surface area contributed by atoms with E-state index in [-0.39, 0.29) is 11.4 Å². The zero-order valence-electron chi connectivity index (χ0n) is 14.3. The fourth-order valence-corrected chi connectivity index (χ4v) is 3.10. The van der Waals surface area contributed by atoms with Gasteiger partial charge in [0.05, 0.1) is 7.11 Å². The van der Waals surface area contributed by atoms with Crippen molar-refractivity contribution in [2.75, 3.05) is 7.11 Å². The first-order valence-corrected chi connectivity index (χ1v) is 8.29. The van der Waals surface area contributed by atoms with E-state index in [0.717, 1.165) is 24.2 Å². The van der Waals surface area contributed by atoms with E-state index in [1.165, 1.54) is 19.3 Å². The van der Waals surface area contributed by atoms with Gasteiger partial charge < -0.3 is 9.47 Å². The number of esters is 1. The van der Waals surface area contributed by atoms with Crippen molar-refractivity contribution in [2.45, 2.75) is 64.7 Å². The molecule has 0 spiro atoms. The molecule has 1 aromatic rings. The lowest BCUT2D eigenvalue weighted by molar-refractivity contribution is -0.135. The van der Waals surface area contributed by atoms with E-state index in [4.69, 9.17) is 9.47 Å². The van der Waals surface area contributed by atoms with Gasteiger partial charge in [0.25, 0.3) is 0 Å². The van der Waals surface area contributed by atoms with Gasteiger partial charge in [0.2, 0.25) is 0 Å². The number of hydrogen-bond donors (Lipinski definition) is 0. The van der Waals surface area contributed by atoms with Crippen LogP contribution < -0.4 is 9.47 Å². The van der Waals surface area contributed by atoms with Crippen molar-refractivity contribution in [2.24, 2.45) is 5.92 Å². The molecule has 1 aliphatic carbocycles. The van der Waals surface area contributed by atoms with Gasteiger partial charge in [0.1, 0.15) is 11.5 Å². The first-order chi connectivity index (χ1) is 10.4. The molecule has 1 aliphatic rings. The summed E-state index contributed by atoms with van der Waals surface area (Å²) in [6.07, 6.45) is 6.64. The smallest absolute Gasteiger partial charge is 0.311 e. The molecule has 0 aromatic heterocycles. The second kappa shape index (κ2) is 7.17. The van der Waals surface area contributed by atoms with Crippen LogP contribution in [0, 0.1) is 5.92 Å². The molecular weight excluding hydrogens is 276 g/mol. The van der Waals surface area contributed by atoms with Crippen LogP contribution in [-0.4, -0.2) is 13.1 Å². The molecular formula is C19H28O3. The van der Waals surface area contributed by atoms with Gasteiger partial charge in [-0.2, -0.15) is 0 Å². The summed E-state index contributed by atoms with van der Waals surface area (Å²) in [6.45, 7) is 6.33. The van der Waals surface area contributed by atoms with Crippen molar-refractivity contribution < 1.29 is 14.3 Å². The van der Waals surface area contributed by atoms with E-state index in [1.807, 2.05) is 18.2 Å². The zero-order chi connectivity index (χ0) is 16.2. The number of hydrogen-bond acceptors (Lipinski definition) is 3. The van der Waals surface area contributed by atoms with Crippen molar-refractivity contribution in [1.82, 2.24) is 0 Å². The fraction of sp³-hybridized carbons (Fsp3) is 0.632.